The molecule has 1 aliphatic rings. The number of nitrogens with zero attached hydrogens (tertiary/aromatic N) is 1. The van der Waals surface area contributed by atoms with Crippen molar-refractivity contribution in [1.82, 2.24) is 5.16 Å². The molecule has 0 aliphatic heterocycles. The molecule has 144 valence electrons. The van der Waals surface area contributed by atoms with Gasteiger partial charge in [-0.3, -0.25) is 4.79 Å². The molecule has 4 aromatic rings. The first-order valence-corrected chi connectivity index (χ1v) is 10.3. The van der Waals surface area contributed by atoms with Crippen molar-refractivity contribution in [2.45, 2.75) is 18.3 Å². The van der Waals surface area contributed by atoms with Crippen molar-refractivity contribution < 1.29 is 14.1 Å². The maximum Gasteiger partial charge on any atom is 0.236 e. The minimum Gasteiger partial charge on any atom is -0.457 e. The van der Waals surface area contributed by atoms with Crippen LogP contribution in [0.1, 0.15) is 18.5 Å². The third-order valence-electron chi connectivity index (χ3n) is 5.04. The van der Waals surface area contributed by atoms with Gasteiger partial charge in [0.25, 0.3) is 0 Å². The molecule has 0 unspecified atom stereocenters. The van der Waals surface area contributed by atoms with Crippen LogP contribution in [0, 0.1) is 0 Å². The zero-order valence-corrected chi connectivity index (χ0v) is 16.3. The minimum atomic E-state index is -0.599. The van der Waals surface area contributed by atoms with Crippen molar-refractivity contribution in [2.24, 2.45) is 0 Å². The largest absolute Gasteiger partial charge is 0.457 e. The second kappa shape index (κ2) is 7.22. The van der Waals surface area contributed by atoms with Crippen LogP contribution in [0.3, 0.4) is 0 Å². The number of thiophene rings is 1. The van der Waals surface area contributed by atoms with Crippen LogP contribution in [0.5, 0.6) is 11.5 Å². The van der Waals surface area contributed by atoms with E-state index in [0.717, 1.165) is 29.2 Å². The van der Waals surface area contributed by atoms with Crippen molar-refractivity contribution in [1.29, 1.82) is 0 Å². The van der Waals surface area contributed by atoms with Gasteiger partial charge >= 0.3 is 0 Å². The van der Waals surface area contributed by atoms with E-state index in [-0.39, 0.29) is 5.91 Å². The lowest BCUT2D eigenvalue weighted by Gasteiger charge is -2.13. The number of carbonyl (C=O) groups is 1. The Morgan fingerprint density at radius 2 is 1.76 bits per heavy atom. The fraction of sp³-hybridized carbons (Fsp3) is 0.130. The summed E-state index contributed by atoms with van der Waals surface area (Å²) in [7, 11) is 0. The molecule has 0 spiro atoms. The van der Waals surface area contributed by atoms with Gasteiger partial charge in [-0.15, -0.1) is 11.3 Å². The van der Waals surface area contributed by atoms with Gasteiger partial charge in [0.05, 0.1) is 16.0 Å². The van der Waals surface area contributed by atoms with E-state index in [1.165, 1.54) is 0 Å². The molecule has 6 heteroatoms. The van der Waals surface area contributed by atoms with Crippen LogP contribution in [-0.4, -0.2) is 11.1 Å². The summed E-state index contributed by atoms with van der Waals surface area (Å²) in [4.78, 5) is 14.0. The molecule has 0 atom stereocenters. The molecule has 5 nitrogen and oxygen atoms in total. The lowest BCUT2D eigenvalue weighted by molar-refractivity contribution is -0.118. The number of ether oxygens (including phenoxy) is 1. The highest BCUT2D eigenvalue weighted by atomic mass is 32.1. The molecule has 1 fully saturated rings. The minimum absolute atomic E-state index is 0.0553. The Labute approximate surface area is 171 Å². The molecule has 0 bridgehead atoms. The summed E-state index contributed by atoms with van der Waals surface area (Å²) in [5.74, 6) is 2.14. The van der Waals surface area contributed by atoms with Crippen LogP contribution >= 0.6 is 11.3 Å². The van der Waals surface area contributed by atoms with E-state index < -0.39 is 5.41 Å². The molecule has 2 aromatic carbocycles. The summed E-state index contributed by atoms with van der Waals surface area (Å²) < 4.78 is 11.3. The van der Waals surface area contributed by atoms with Crippen LogP contribution in [-0.2, 0) is 10.2 Å². The Balaban J connectivity index is 1.28. The predicted molar refractivity (Wildman–Crippen MR) is 112 cm³/mol. The van der Waals surface area contributed by atoms with Crippen LogP contribution < -0.4 is 10.1 Å². The van der Waals surface area contributed by atoms with Crippen molar-refractivity contribution in [2.75, 3.05) is 5.32 Å². The maximum absolute atomic E-state index is 12.9. The highest BCUT2D eigenvalue weighted by molar-refractivity contribution is 7.13. The molecule has 0 saturated heterocycles. The van der Waals surface area contributed by atoms with E-state index in [9.17, 15) is 4.79 Å². The first-order valence-electron chi connectivity index (χ1n) is 9.38. The smallest absolute Gasteiger partial charge is 0.236 e. The molecule has 1 amide bonds. The van der Waals surface area contributed by atoms with Gasteiger partial charge in [0.15, 0.2) is 5.76 Å². The van der Waals surface area contributed by atoms with Gasteiger partial charge in [-0.05, 0) is 60.7 Å². The van der Waals surface area contributed by atoms with Crippen LogP contribution in [0.25, 0.3) is 10.6 Å². The Bertz CT molecular complexity index is 1110. The number of aromatic nitrogens is 1. The maximum atomic E-state index is 12.9. The van der Waals surface area contributed by atoms with E-state index in [4.69, 9.17) is 9.26 Å². The summed E-state index contributed by atoms with van der Waals surface area (Å²) >= 11 is 1.59. The fourth-order valence-corrected chi connectivity index (χ4v) is 3.92. The summed E-state index contributed by atoms with van der Waals surface area (Å²) in [6, 6.07) is 22.8. The van der Waals surface area contributed by atoms with Gasteiger partial charge in [0.1, 0.15) is 11.5 Å². The second-order valence-corrected chi connectivity index (χ2v) is 7.98. The average molecular weight is 402 g/mol. The number of hydrogen-bond donors (Lipinski definition) is 1. The first kappa shape index (κ1) is 17.7. The standard InChI is InChI=1S/C23H18N2O3S/c26-22(23(12-13-23)21-15-19(28-25-21)20-7-4-14-29-20)24-16-8-10-18(11-9-16)27-17-5-2-1-3-6-17/h1-11,14-15H,12-13H2,(H,24,26). The molecule has 5 rings (SSSR count). The third-order valence-corrected chi connectivity index (χ3v) is 5.92. The lowest BCUT2D eigenvalue weighted by Crippen LogP contribution is -2.28. The molecule has 1 aliphatic carbocycles. The predicted octanol–water partition coefficient (Wildman–Crippen LogP) is 5.87. The van der Waals surface area contributed by atoms with Gasteiger partial charge in [-0.25, -0.2) is 0 Å². The van der Waals surface area contributed by atoms with E-state index in [0.29, 0.717) is 17.2 Å². The SMILES string of the molecule is O=C(Nc1ccc(Oc2ccccc2)cc1)C1(c2cc(-c3cccs3)on2)CC1. The van der Waals surface area contributed by atoms with E-state index in [1.807, 2.05) is 78.2 Å². The molecule has 2 aromatic heterocycles. The van der Waals surface area contributed by atoms with Crippen molar-refractivity contribution >= 4 is 22.9 Å². The second-order valence-electron chi connectivity index (χ2n) is 7.03. The summed E-state index contributed by atoms with van der Waals surface area (Å²) in [6.45, 7) is 0. The average Bonchev–Trinajstić information content (AvgIpc) is 3.15. The number of amides is 1. The fourth-order valence-electron chi connectivity index (χ4n) is 3.24. The van der Waals surface area contributed by atoms with E-state index >= 15 is 0 Å². The van der Waals surface area contributed by atoms with Crippen LogP contribution in [0.4, 0.5) is 5.69 Å². The molecule has 0 radical (unpaired) electrons. The van der Waals surface area contributed by atoms with E-state index in [1.54, 1.807) is 11.3 Å². The zero-order chi connectivity index (χ0) is 19.7. The monoisotopic (exact) mass is 402 g/mol. The first-order chi connectivity index (χ1) is 14.2. The van der Waals surface area contributed by atoms with Crippen molar-refractivity contribution in [3.8, 4) is 22.1 Å². The summed E-state index contributed by atoms with van der Waals surface area (Å²) in [5.41, 5.74) is 0.823. The molecule has 1 N–H and O–H groups in total. The van der Waals surface area contributed by atoms with Gasteiger partial charge < -0.3 is 14.6 Å². The van der Waals surface area contributed by atoms with Gasteiger partial charge in [-0.2, -0.15) is 0 Å². The number of para-hydroxylation sites is 1. The number of anilines is 1. The Hall–Kier alpha value is -3.38. The molecular formula is C23H18N2O3S. The Morgan fingerprint density at radius 1 is 1.00 bits per heavy atom. The van der Waals surface area contributed by atoms with Gasteiger partial charge in [0.2, 0.25) is 5.91 Å². The summed E-state index contributed by atoms with van der Waals surface area (Å²) in [5, 5.41) is 9.17. The van der Waals surface area contributed by atoms with Crippen LogP contribution in [0.15, 0.2) is 82.7 Å². The van der Waals surface area contributed by atoms with Crippen molar-refractivity contribution in [3.63, 3.8) is 0 Å². The highest BCUT2D eigenvalue weighted by Gasteiger charge is 2.53. The normalized spacial score (nSPS) is 14.3. The number of benzene rings is 2. The number of carbonyl (C=O) groups excluding carboxylic acids is 1. The topological polar surface area (TPSA) is 64.4 Å². The molecule has 2 heterocycles. The number of hydrogen-bond acceptors (Lipinski definition) is 5. The van der Waals surface area contributed by atoms with Gasteiger partial charge in [0, 0.05) is 11.8 Å². The van der Waals surface area contributed by atoms with Gasteiger partial charge in [-0.1, -0.05) is 29.4 Å². The molecule has 1 saturated carbocycles. The lowest BCUT2D eigenvalue weighted by atomic mass is 10.0. The quantitative estimate of drug-likeness (QED) is 0.438. The Kier molecular flexibility index (Phi) is 4.41. The van der Waals surface area contributed by atoms with Crippen LogP contribution in [0.2, 0.25) is 0 Å². The Morgan fingerprint density at radius 3 is 2.45 bits per heavy atom. The van der Waals surface area contributed by atoms with E-state index in [2.05, 4.69) is 10.5 Å². The van der Waals surface area contributed by atoms with Crippen molar-refractivity contribution in [3.05, 3.63) is 83.9 Å². The number of rotatable bonds is 6. The highest BCUT2D eigenvalue weighted by Crippen LogP contribution is 2.49. The zero-order valence-electron chi connectivity index (χ0n) is 15.5. The molecule has 29 heavy (non-hydrogen) atoms. The number of nitrogens with one attached hydrogen (secondary N) is 1. The summed E-state index contributed by atoms with van der Waals surface area (Å²) in [6.07, 6.45) is 1.54. The third kappa shape index (κ3) is 3.54. The molecular weight excluding hydrogens is 384 g/mol.